The summed E-state index contributed by atoms with van der Waals surface area (Å²) >= 11 is 0. The highest BCUT2D eigenvalue weighted by atomic mass is 16.5. The summed E-state index contributed by atoms with van der Waals surface area (Å²) in [5.74, 6) is 0.621. The monoisotopic (exact) mass is 233 g/mol. The van der Waals surface area contributed by atoms with Gasteiger partial charge in [0, 0.05) is 24.0 Å². The van der Waals surface area contributed by atoms with Crippen molar-refractivity contribution >= 4 is 16.8 Å². The summed E-state index contributed by atoms with van der Waals surface area (Å²) in [4.78, 5) is 14.7. The summed E-state index contributed by atoms with van der Waals surface area (Å²) in [5, 5.41) is 3.66. The number of fused-ring (bicyclic) bond motifs is 1. The van der Waals surface area contributed by atoms with Gasteiger partial charge in [-0.1, -0.05) is 0 Å². The number of aromatic amines is 1. The minimum absolute atomic E-state index is 0.148. The number of nitrogens with two attached hydrogens (primary N) is 1. The van der Waals surface area contributed by atoms with Gasteiger partial charge in [-0.2, -0.15) is 0 Å². The smallest absolute Gasteiger partial charge is 0.267 e. The number of benzene rings is 1. The molecule has 5 heteroatoms. The number of ether oxygens (including phenoxy) is 1. The van der Waals surface area contributed by atoms with Gasteiger partial charge in [-0.05, 0) is 24.3 Å². The van der Waals surface area contributed by atoms with Crippen LogP contribution < -0.4 is 15.8 Å². The summed E-state index contributed by atoms with van der Waals surface area (Å²) < 4.78 is 5.13. The first-order valence-electron chi connectivity index (χ1n) is 5.39. The molecule has 0 atom stereocenters. The number of aromatic nitrogens is 1. The summed E-state index contributed by atoms with van der Waals surface area (Å²) in [6, 6.07) is 7.41. The van der Waals surface area contributed by atoms with E-state index in [1.54, 1.807) is 13.2 Å². The molecule has 0 aliphatic heterocycles. The Labute approximate surface area is 98.9 Å². The van der Waals surface area contributed by atoms with Crippen LogP contribution in [0.4, 0.5) is 0 Å². The molecule has 5 nitrogen and oxygen atoms in total. The minimum atomic E-state index is -0.148. The Morgan fingerprint density at radius 3 is 3.00 bits per heavy atom. The van der Waals surface area contributed by atoms with Crippen LogP contribution in [-0.4, -0.2) is 31.1 Å². The van der Waals surface area contributed by atoms with E-state index in [1.807, 2.05) is 18.2 Å². The zero-order valence-electron chi connectivity index (χ0n) is 9.62. The molecule has 4 N–H and O–H groups in total. The van der Waals surface area contributed by atoms with Crippen molar-refractivity contribution in [2.75, 3.05) is 20.2 Å². The van der Waals surface area contributed by atoms with Crippen LogP contribution in [0, 0.1) is 0 Å². The molecule has 0 aliphatic carbocycles. The summed E-state index contributed by atoms with van der Waals surface area (Å²) in [6.07, 6.45) is 0. The molecule has 1 amide bonds. The lowest BCUT2D eigenvalue weighted by atomic mass is 10.2. The van der Waals surface area contributed by atoms with E-state index in [0.29, 0.717) is 18.8 Å². The van der Waals surface area contributed by atoms with E-state index < -0.39 is 0 Å². The highest BCUT2D eigenvalue weighted by Gasteiger charge is 2.08. The fourth-order valence-corrected chi connectivity index (χ4v) is 1.64. The zero-order valence-corrected chi connectivity index (χ0v) is 9.62. The first-order valence-corrected chi connectivity index (χ1v) is 5.39. The third-order valence-electron chi connectivity index (χ3n) is 2.50. The third kappa shape index (κ3) is 2.39. The maximum atomic E-state index is 11.7. The molecule has 0 saturated heterocycles. The van der Waals surface area contributed by atoms with Crippen LogP contribution >= 0.6 is 0 Å². The van der Waals surface area contributed by atoms with E-state index >= 15 is 0 Å². The van der Waals surface area contributed by atoms with Crippen molar-refractivity contribution in [1.82, 2.24) is 10.3 Å². The summed E-state index contributed by atoms with van der Waals surface area (Å²) in [5.41, 5.74) is 6.76. The van der Waals surface area contributed by atoms with Crippen LogP contribution in [-0.2, 0) is 0 Å². The molecule has 0 radical (unpaired) electrons. The van der Waals surface area contributed by atoms with Crippen LogP contribution in [0.3, 0.4) is 0 Å². The number of carbonyl (C=O) groups is 1. The second-order valence-corrected chi connectivity index (χ2v) is 3.68. The Morgan fingerprint density at radius 2 is 2.29 bits per heavy atom. The topological polar surface area (TPSA) is 80.1 Å². The van der Waals surface area contributed by atoms with Gasteiger partial charge in [0.15, 0.2) is 0 Å². The van der Waals surface area contributed by atoms with E-state index in [9.17, 15) is 4.79 Å². The van der Waals surface area contributed by atoms with E-state index in [4.69, 9.17) is 10.5 Å². The third-order valence-corrected chi connectivity index (χ3v) is 2.50. The van der Waals surface area contributed by atoms with Crippen LogP contribution in [0.25, 0.3) is 10.9 Å². The van der Waals surface area contributed by atoms with Crippen molar-refractivity contribution < 1.29 is 9.53 Å². The van der Waals surface area contributed by atoms with Gasteiger partial charge in [-0.25, -0.2) is 0 Å². The van der Waals surface area contributed by atoms with Gasteiger partial charge in [0.2, 0.25) is 0 Å². The van der Waals surface area contributed by atoms with Gasteiger partial charge in [0.1, 0.15) is 11.4 Å². The van der Waals surface area contributed by atoms with Crippen LogP contribution in [0.2, 0.25) is 0 Å². The van der Waals surface area contributed by atoms with Gasteiger partial charge in [-0.15, -0.1) is 0 Å². The van der Waals surface area contributed by atoms with E-state index in [1.165, 1.54) is 0 Å². The van der Waals surface area contributed by atoms with Gasteiger partial charge >= 0.3 is 0 Å². The van der Waals surface area contributed by atoms with E-state index in [-0.39, 0.29) is 5.91 Å². The Hall–Kier alpha value is -2.01. The summed E-state index contributed by atoms with van der Waals surface area (Å²) in [7, 11) is 1.61. The predicted molar refractivity (Wildman–Crippen MR) is 66.2 cm³/mol. The van der Waals surface area contributed by atoms with Crippen molar-refractivity contribution in [3.8, 4) is 5.75 Å². The maximum absolute atomic E-state index is 11.7. The molecular weight excluding hydrogens is 218 g/mol. The molecule has 0 aliphatic rings. The van der Waals surface area contributed by atoms with Crippen molar-refractivity contribution in [2.45, 2.75) is 0 Å². The van der Waals surface area contributed by atoms with Crippen LogP contribution in [0.5, 0.6) is 5.75 Å². The van der Waals surface area contributed by atoms with Gasteiger partial charge in [0.05, 0.1) is 7.11 Å². The van der Waals surface area contributed by atoms with E-state index in [0.717, 1.165) is 16.7 Å². The second-order valence-electron chi connectivity index (χ2n) is 3.68. The first kappa shape index (κ1) is 11.5. The Bertz CT molecular complexity index is 534. The molecule has 1 aromatic carbocycles. The van der Waals surface area contributed by atoms with Crippen molar-refractivity contribution in [3.63, 3.8) is 0 Å². The molecule has 90 valence electrons. The average Bonchev–Trinajstić information content (AvgIpc) is 2.78. The number of amides is 1. The highest BCUT2D eigenvalue weighted by Crippen LogP contribution is 2.21. The second kappa shape index (κ2) is 4.88. The van der Waals surface area contributed by atoms with E-state index in [2.05, 4.69) is 10.3 Å². The number of rotatable bonds is 4. The van der Waals surface area contributed by atoms with Crippen molar-refractivity contribution in [2.24, 2.45) is 5.73 Å². The average molecular weight is 233 g/mol. The van der Waals surface area contributed by atoms with Gasteiger partial charge in [0.25, 0.3) is 5.91 Å². The van der Waals surface area contributed by atoms with Crippen molar-refractivity contribution in [1.29, 1.82) is 0 Å². The van der Waals surface area contributed by atoms with Crippen LogP contribution in [0.1, 0.15) is 10.5 Å². The number of hydrogen-bond acceptors (Lipinski definition) is 3. The highest BCUT2D eigenvalue weighted by molar-refractivity contribution is 5.98. The molecular formula is C12H15N3O2. The molecule has 0 spiro atoms. The van der Waals surface area contributed by atoms with Crippen molar-refractivity contribution in [3.05, 3.63) is 30.0 Å². The molecule has 0 bridgehead atoms. The first-order chi connectivity index (χ1) is 8.24. The number of hydrogen-bond donors (Lipinski definition) is 3. The molecule has 1 aromatic heterocycles. The number of carbonyl (C=O) groups excluding carboxylic acids is 1. The lowest BCUT2D eigenvalue weighted by Gasteiger charge is -1.99. The molecule has 0 fully saturated rings. The molecule has 2 rings (SSSR count). The SMILES string of the molecule is COc1ccc2[nH]c(C(=O)NCCN)cc2c1. The van der Waals surface area contributed by atoms with Gasteiger partial charge in [-0.3, -0.25) is 4.79 Å². The minimum Gasteiger partial charge on any atom is -0.497 e. The maximum Gasteiger partial charge on any atom is 0.267 e. The zero-order chi connectivity index (χ0) is 12.3. The molecule has 0 saturated carbocycles. The molecule has 0 unspecified atom stereocenters. The fourth-order valence-electron chi connectivity index (χ4n) is 1.64. The molecule has 2 aromatic rings. The van der Waals surface area contributed by atoms with Crippen LogP contribution in [0.15, 0.2) is 24.3 Å². The normalized spacial score (nSPS) is 10.5. The molecule has 1 heterocycles. The molecule has 17 heavy (non-hydrogen) atoms. The lowest BCUT2D eigenvalue weighted by molar-refractivity contribution is 0.0950. The largest absolute Gasteiger partial charge is 0.497 e. The number of nitrogens with one attached hydrogen (secondary N) is 2. The predicted octanol–water partition coefficient (Wildman–Crippen LogP) is 0.865. The Kier molecular flexibility index (Phi) is 3.30. The lowest BCUT2D eigenvalue weighted by Crippen LogP contribution is -2.29. The Morgan fingerprint density at radius 1 is 1.47 bits per heavy atom. The quantitative estimate of drug-likeness (QED) is 0.733. The fraction of sp³-hybridized carbons (Fsp3) is 0.250. The summed E-state index contributed by atoms with van der Waals surface area (Å²) in [6.45, 7) is 0.900. The Balaban J connectivity index is 2.28. The number of H-pyrrole nitrogens is 1. The standard InChI is InChI=1S/C12H15N3O2/c1-17-9-2-3-10-8(6-9)7-11(15-10)12(16)14-5-4-13/h2-3,6-7,15H,4-5,13H2,1H3,(H,14,16). The number of methoxy groups -OCH3 is 1. The van der Waals surface area contributed by atoms with Gasteiger partial charge < -0.3 is 20.8 Å².